The molecule has 0 aliphatic heterocycles. The van der Waals surface area contributed by atoms with Gasteiger partial charge in [0, 0.05) is 11.4 Å². The van der Waals surface area contributed by atoms with Crippen molar-refractivity contribution >= 4 is 10.8 Å². The highest BCUT2D eigenvalue weighted by molar-refractivity contribution is 5.88. The highest BCUT2D eigenvalue weighted by atomic mass is 16.3. The fourth-order valence-corrected chi connectivity index (χ4v) is 1.72. The number of phenolic OH excluding ortho intramolecular Hbond substituents is 1. The molecule has 0 radical (unpaired) electrons. The molecule has 0 bridgehead atoms. The second-order valence-electron chi connectivity index (χ2n) is 3.77. The molecule has 2 nitrogen and oxygen atoms in total. The maximum absolute atomic E-state index is 9.64. The standard InChI is InChI=1S/C13H15NO/c1-9(14-2)10-6-7-12-11(8-10)4-3-5-13(12)15/h3-9,14-15H,1-2H3. The van der Waals surface area contributed by atoms with Crippen molar-refractivity contribution in [3.8, 4) is 5.75 Å². The van der Waals surface area contributed by atoms with Gasteiger partial charge in [-0.05, 0) is 37.1 Å². The Hall–Kier alpha value is -1.54. The van der Waals surface area contributed by atoms with Crippen LogP contribution in [0.25, 0.3) is 10.8 Å². The van der Waals surface area contributed by atoms with E-state index in [-0.39, 0.29) is 0 Å². The topological polar surface area (TPSA) is 32.3 Å². The summed E-state index contributed by atoms with van der Waals surface area (Å²) >= 11 is 0. The molecule has 2 rings (SSSR count). The summed E-state index contributed by atoms with van der Waals surface area (Å²) in [7, 11) is 1.94. The van der Waals surface area contributed by atoms with Crippen LogP contribution in [0, 0.1) is 0 Å². The number of rotatable bonds is 2. The molecule has 0 saturated heterocycles. The van der Waals surface area contributed by atoms with E-state index in [0.717, 1.165) is 10.8 Å². The van der Waals surface area contributed by atoms with Crippen LogP contribution in [-0.2, 0) is 0 Å². The SMILES string of the molecule is CNC(C)c1ccc2c(O)cccc2c1. The van der Waals surface area contributed by atoms with Crippen molar-refractivity contribution in [3.63, 3.8) is 0 Å². The molecule has 1 atom stereocenters. The average Bonchev–Trinajstić information content (AvgIpc) is 2.28. The minimum Gasteiger partial charge on any atom is -0.507 e. The summed E-state index contributed by atoms with van der Waals surface area (Å²) in [5.41, 5.74) is 1.23. The molecule has 15 heavy (non-hydrogen) atoms. The number of aromatic hydroxyl groups is 1. The van der Waals surface area contributed by atoms with Crippen LogP contribution in [0.5, 0.6) is 5.75 Å². The van der Waals surface area contributed by atoms with Crippen molar-refractivity contribution in [3.05, 3.63) is 42.0 Å². The number of fused-ring (bicyclic) bond motifs is 1. The summed E-state index contributed by atoms with van der Waals surface area (Å²) in [6.07, 6.45) is 0. The zero-order valence-corrected chi connectivity index (χ0v) is 8.99. The monoisotopic (exact) mass is 201 g/mol. The first-order valence-electron chi connectivity index (χ1n) is 5.11. The maximum atomic E-state index is 9.64. The number of nitrogens with one attached hydrogen (secondary N) is 1. The van der Waals surface area contributed by atoms with Gasteiger partial charge >= 0.3 is 0 Å². The molecule has 0 spiro atoms. The van der Waals surface area contributed by atoms with E-state index in [1.807, 2.05) is 31.3 Å². The zero-order chi connectivity index (χ0) is 10.8. The Morgan fingerprint density at radius 1 is 1.20 bits per heavy atom. The molecule has 0 aliphatic rings. The molecule has 0 amide bonds. The van der Waals surface area contributed by atoms with Crippen molar-refractivity contribution in [2.75, 3.05) is 7.05 Å². The summed E-state index contributed by atoms with van der Waals surface area (Å²) in [5, 5.41) is 14.8. The van der Waals surface area contributed by atoms with Gasteiger partial charge < -0.3 is 10.4 Å². The third-order valence-electron chi connectivity index (χ3n) is 2.81. The maximum Gasteiger partial charge on any atom is 0.123 e. The number of hydrogen-bond donors (Lipinski definition) is 2. The third-order valence-corrected chi connectivity index (χ3v) is 2.81. The quantitative estimate of drug-likeness (QED) is 0.783. The summed E-state index contributed by atoms with van der Waals surface area (Å²) in [4.78, 5) is 0. The zero-order valence-electron chi connectivity index (χ0n) is 8.99. The van der Waals surface area contributed by atoms with E-state index >= 15 is 0 Å². The molecule has 2 aromatic carbocycles. The molecule has 0 heterocycles. The largest absolute Gasteiger partial charge is 0.507 e. The van der Waals surface area contributed by atoms with E-state index in [1.54, 1.807) is 6.07 Å². The molecule has 0 aromatic heterocycles. The molecule has 2 aromatic rings. The van der Waals surface area contributed by atoms with E-state index in [0.29, 0.717) is 11.8 Å². The van der Waals surface area contributed by atoms with E-state index in [4.69, 9.17) is 0 Å². The van der Waals surface area contributed by atoms with Crippen LogP contribution in [0.15, 0.2) is 36.4 Å². The molecular formula is C13H15NO. The van der Waals surface area contributed by atoms with Gasteiger partial charge in [-0.15, -0.1) is 0 Å². The summed E-state index contributed by atoms with van der Waals surface area (Å²) in [5.74, 6) is 0.344. The first-order valence-corrected chi connectivity index (χ1v) is 5.11. The summed E-state index contributed by atoms with van der Waals surface area (Å²) in [6.45, 7) is 2.12. The Morgan fingerprint density at radius 2 is 2.00 bits per heavy atom. The van der Waals surface area contributed by atoms with Crippen LogP contribution >= 0.6 is 0 Å². The molecule has 0 saturated carbocycles. The van der Waals surface area contributed by atoms with Crippen molar-refractivity contribution in [2.24, 2.45) is 0 Å². The van der Waals surface area contributed by atoms with Crippen molar-refractivity contribution in [2.45, 2.75) is 13.0 Å². The fraction of sp³-hybridized carbons (Fsp3) is 0.231. The van der Waals surface area contributed by atoms with Gasteiger partial charge in [0.1, 0.15) is 5.75 Å². The Balaban J connectivity index is 2.57. The van der Waals surface area contributed by atoms with Gasteiger partial charge in [-0.2, -0.15) is 0 Å². The third kappa shape index (κ3) is 1.81. The van der Waals surface area contributed by atoms with E-state index in [9.17, 15) is 5.11 Å². The molecular weight excluding hydrogens is 186 g/mol. The number of phenols is 1. The normalized spacial score (nSPS) is 12.9. The second kappa shape index (κ2) is 3.91. The molecule has 2 N–H and O–H groups in total. The smallest absolute Gasteiger partial charge is 0.123 e. The Bertz CT molecular complexity index is 479. The summed E-state index contributed by atoms with van der Waals surface area (Å²) < 4.78 is 0. The van der Waals surface area contributed by atoms with E-state index < -0.39 is 0 Å². The highest BCUT2D eigenvalue weighted by Crippen LogP contribution is 2.26. The Morgan fingerprint density at radius 3 is 2.73 bits per heavy atom. The Labute approximate surface area is 89.6 Å². The minimum atomic E-state index is 0.330. The number of benzene rings is 2. The predicted octanol–water partition coefficient (Wildman–Crippen LogP) is 2.83. The van der Waals surface area contributed by atoms with Crippen molar-refractivity contribution in [1.82, 2.24) is 5.32 Å². The number of hydrogen-bond acceptors (Lipinski definition) is 2. The van der Waals surface area contributed by atoms with Crippen LogP contribution in [0.4, 0.5) is 0 Å². The Kier molecular flexibility index (Phi) is 2.60. The lowest BCUT2D eigenvalue weighted by molar-refractivity contribution is 0.481. The summed E-state index contributed by atoms with van der Waals surface area (Å²) in [6, 6.07) is 12.0. The highest BCUT2D eigenvalue weighted by Gasteiger charge is 2.04. The van der Waals surface area contributed by atoms with Crippen LogP contribution in [0.3, 0.4) is 0 Å². The lowest BCUT2D eigenvalue weighted by Gasteiger charge is -2.11. The fourth-order valence-electron chi connectivity index (χ4n) is 1.72. The van der Waals surface area contributed by atoms with Crippen molar-refractivity contribution in [1.29, 1.82) is 0 Å². The molecule has 0 aliphatic carbocycles. The first kappa shape index (κ1) is 9.99. The van der Waals surface area contributed by atoms with Gasteiger partial charge in [-0.25, -0.2) is 0 Å². The first-order chi connectivity index (χ1) is 7.22. The molecule has 78 valence electrons. The van der Waals surface area contributed by atoms with Crippen LogP contribution < -0.4 is 5.32 Å². The van der Waals surface area contributed by atoms with Gasteiger partial charge in [0.2, 0.25) is 0 Å². The molecule has 0 fully saturated rings. The second-order valence-corrected chi connectivity index (χ2v) is 3.77. The van der Waals surface area contributed by atoms with Gasteiger partial charge in [-0.1, -0.05) is 24.3 Å². The van der Waals surface area contributed by atoms with Crippen molar-refractivity contribution < 1.29 is 5.11 Å². The van der Waals surface area contributed by atoms with Gasteiger partial charge in [0.25, 0.3) is 0 Å². The predicted molar refractivity (Wildman–Crippen MR) is 63.1 cm³/mol. The molecule has 2 heteroatoms. The van der Waals surface area contributed by atoms with Gasteiger partial charge in [0.15, 0.2) is 0 Å². The van der Waals surface area contributed by atoms with E-state index in [1.165, 1.54) is 5.56 Å². The van der Waals surface area contributed by atoms with Gasteiger partial charge in [0.05, 0.1) is 0 Å². The lowest BCUT2D eigenvalue weighted by atomic mass is 10.0. The van der Waals surface area contributed by atoms with Crippen LogP contribution in [0.2, 0.25) is 0 Å². The van der Waals surface area contributed by atoms with Crippen LogP contribution in [0.1, 0.15) is 18.5 Å². The average molecular weight is 201 g/mol. The van der Waals surface area contributed by atoms with E-state index in [2.05, 4.69) is 18.3 Å². The lowest BCUT2D eigenvalue weighted by Crippen LogP contribution is -2.11. The minimum absolute atomic E-state index is 0.330. The van der Waals surface area contributed by atoms with Crippen LogP contribution in [-0.4, -0.2) is 12.2 Å². The molecule has 1 unspecified atom stereocenters. The van der Waals surface area contributed by atoms with Gasteiger partial charge in [-0.3, -0.25) is 0 Å².